The number of nitrogens with two attached hydrogens (primary N) is 1. The van der Waals surface area contributed by atoms with Gasteiger partial charge in [-0.15, -0.1) is 0 Å². The van der Waals surface area contributed by atoms with Crippen LogP contribution in [-0.4, -0.2) is 14.3 Å². The third-order valence-electron chi connectivity index (χ3n) is 3.84. The van der Waals surface area contributed by atoms with Crippen LogP contribution >= 0.6 is 0 Å². The molecule has 6 heteroatoms. The number of amides is 1. The molecule has 0 bridgehead atoms. The van der Waals surface area contributed by atoms with Crippen molar-refractivity contribution in [1.29, 1.82) is 0 Å². The Balaban J connectivity index is 3.29. The largest absolute Gasteiger partial charge is 0.325 e. The standard InChI is InChI=1S/C15H24N2O3S/c1-6-11-9-12(21(16,19)20)8-10(3)13(11)17-14(18)15(4,5)7-2/h8-9H,6-7H2,1-5H3,(H,17,18)(H2,16,19,20). The molecule has 1 aromatic rings. The highest BCUT2D eigenvalue weighted by Gasteiger charge is 2.26. The van der Waals surface area contributed by atoms with Crippen molar-refractivity contribution in [2.24, 2.45) is 10.6 Å². The summed E-state index contributed by atoms with van der Waals surface area (Å²) in [6, 6.07) is 3.01. The average Bonchev–Trinajstić information content (AvgIpc) is 2.39. The minimum Gasteiger partial charge on any atom is -0.325 e. The maximum absolute atomic E-state index is 12.3. The molecule has 0 aliphatic heterocycles. The summed E-state index contributed by atoms with van der Waals surface area (Å²) in [5.41, 5.74) is 1.66. The summed E-state index contributed by atoms with van der Waals surface area (Å²) in [6.45, 7) is 9.38. The zero-order chi connectivity index (χ0) is 16.4. The number of aryl methyl sites for hydroxylation is 2. The normalized spacial score (nSPS) is 12.3. The molecular weight excluding hydrogens is 288 g/mol. The smallest absolute Gasteiger partial charge is 0.238 e. The van der Waals surface area contributed by atoms with Gasteiger partial charge in [-0.25, -0.2) is 13.6 Å². The molecule has 0 radical (unpaired) electrons. The van der Waals surface area contributed by atoms with Crippen molar-refractivity contribution in [2.45, 2.75) is 52.4 Å². The Morgan fingerprint density at radius 3 is 2.29 bits per heavy atom. The molecule has 0 spiro atoms. The highest BCUT2D eigenvalue weighted by atomic mass is 32.2. The summed E-state index contributed by atoms with van der Waals surface area (Å²) in [7, 11) is -3.75. The second kappa shape index (κ2) is 6.15. The maximum Gasteiger partial charge on any atom is 0.238 e. The maximum atomic E-state index is 12.3. The Labute approximate surface area is 127 Å². The number of carbonyl (C=O) groups excluding carboxylic acids is 1. The molecule has 118 valence electrons. The number of sulfonamides is 1. The van der Waals surface area contributed by atoms with Gasteiger partial charge in [0.15, 0.2) is 0 Å². The summed E-state index contributed by atoms with van der Waals surface area (Å²) >= 11 is 0. The number of benzene rings is 1. The predicted molar refractivity (Wildman–Crippen MR) is 84.6 cm³/mol. The van der Waals surface area contributed by atoms with Crippen molar-refractivity contribution in [3.63, 3.8) is 0 Å². The van der Waals surface area contributed by atoms with Crippen LogP contribution in [0.25, 0.3) is 0 Å². The van der Waals surface area contributed by atoms with Crippen molar-refractivity contribution in [3.8, 4) is 0 Å². The molecule has 0 saturated carbocycles. The lowest BCUT2D eigenvalue weighted by atomic mass is 9.89. The predicted octanol–water partition coefficient (Wildman–Crippen LogP) is 2.58. The van der Waals surface area contributed by atoms with Crippen molar-refractivity contribution in [2.75, 3.05) is 5.32 Å². The van der Waals surface area contributed by atoms with Gasteiger partial charge >= 0.3 is 0 Å². The first-order chi connectivity index (χ1) is 9.52. The van der Waals surface area contributed by atoms with Gasteiger partial charge in [0, 0.05) is 11.1 Å². The molecule has 0 unspecified atom stereocenters. The van der Waals surface area contributed by atoms with Gasteiger partial charge in [-0.3, -0.25) is 4.79 Å². The lowest BCUT2D eigenvalue weighted by Crippen LogP contribution is -2.30. The first kappa shape index (κ1) is 17.7. The van der Waals surface area contributed by atoms with Gasteiger partial charge < -0.3 is 5.32 Å². The van der Waals surface area contributed by atoms with E-state index in [0.29, 0.717) is 24.1 Å². The van der Waals surface area contributed by atoms with Crippen LogP contribution in [0.1, 0.15) is 45.2 Å². The van der Waals surface area contributed by atoms with E-state index in [9.17, 15) is 13.2 Å². The van der Waals surface area contributed by atoms with E-state index in [-0.39, 0.29) is 10.8 Å². The first-order valence-electron chi connectivity index (χ1n) is 7.00. The number of hydrogen-bond acceptors (Lipinski definition) is 3. The molecule has 3 N–H and O–H groups in total. The van der Waals surface area contributed by atoms with E-state index in [1.807, 2.05) is 27.7 Å². The molecule has 0 saturated heterocycles. The fourth-order valence-corrected chi connectivity index (χ4v) is 2.54. The van der Waals surface area contributed by atoms with Gasteiger partial charge in [0.2, 0.25) is 15.9 Å². The molecule has 5 nitrogen and oxygen atoms in total. The van der Waals surface area contributed by atoms with Gasteiger partial charge in [-0.1, -0.05) is 27.7 Å². The molecule has 21 heavy (non-hydrogen) atoms. The van der Waals surface area contributed by atoms with E-state index in [2.05, 4.69) is 5.32 Å². The molecule has 0 aromatic heterocycles. The van der Waals surface area contributed by atoms with E-state index >= 15 is 0 Å². The summed E-state index contributed by atoms with van der Waals surface area (Å²) in [5, 5.41) is 8.10. The van der Waals surface area contributed by atoms with Crippen LogP contribution in [0.15, 0.2) is 17.0 Å². The third kappa shape index (κ3) is 4.04. The fraction of sp³-hybridized carbons (Fsp3) is 0.533. The molecule has 0 heterocycles. The van der Waals surface area contributed by atoms with Gasteiger partial charge in [0.1, 0.15) is 0 Å². The number of primary sulfonamides is 1. The van der Waals surface area contributed by atoms with Gasteiger partial charge in [0.05, 0.1) is 4.90 Å². The van der Waals surface area contributed by atoms with Crippen molar-refractivity contribution in [1.82, 2.24) is 0 Å². The first-order valence-corrected chi connectivity index (χ1v) is 8.55. The summed E-state index contributed by atoms with van der Waals surface area (Å²) in [4.78, 5) is 12.4. The van der Waals surface area contributed by atoms with E-state index in [4.69, 9.17) is 5.14 Å². The summed E-state index contributed by atoms with van der Waals surface area (Å²) < 4.78 is 23.0. The number of anilines is 1. The molecule has 1 aromatic carbocycles. The number of nitrogens with one attached hydrogen (secondary N) is 1. The molecule has 0 aliphatic rings. The fourth-order valence-electron chi connectivity index (χ4n) is 1.89. The molecule has 0 aliphatic carbocycles. The van der Waals surface area contributed by atoms with E-state index < -0.39 is 15.4 Å². The lowest BCUT2D eigenvalue weighted by Gasteiger charge is -2.23. The molecule has 1 amide bonds. The van der Waals surface area contributed by atoms with Crippen LogP contribution in [0.4, 0.5) is 5.69 Å². The quantitative estimate of drug-likeness (QED) is 0.875. The zero-order valence-electron chi connectivity index (χ0n) is 13.3. The SMILES string of the molecule is CCc1cc(S(N)(=O)=O)cc(C)c1NC(=O)C(C)(C)CC. The lowest BCUT2D eigenvalue weighted by molar-refractivity contribution is -0.124. The van der Waals surface area contributed by atoms with Crippen LogP contribution in [0, 0.1) is 12.3 Å². The molecule has 0 atom stereocenters. The third-order valence-corrected chi connectivity index (χ3v) is 4.73. The minimum atomic E-state index is -3.75. The number of hydrogen-bond donors (Lipinski definition) is 2. The Bertz CT molecular complexity index is 649. The van der Waals surface area contributed by atoms with Crippen LogP contribution in [0.2, 0.25) is 0 Å². The second-order valence-corrected chi connectivity index (χ2v) is 7.43. The van der Waals surface area contributed by atoms with E-state index in [1.165, 1.54) is 12.1 Å². The molecule has 1 rings (SSSR count). The van der Waals surface area contributed by atoms with Gasteiger partial charge in [-0.2, -0.15) is 0 Å². The van der Waals surface area contributed by atoms with E-state index in [0.717, 1.165) is 5.56 Å². The van der Waals surface area contributed by atoms with Crippen molar-refractivity contribution in [3.05, 3.63) is 23.3 Å². The summed E-state index contributed by atoms with van der Waals surface area (Å²) in [5.74, 6) is -0.0776. The Hall–Kier alpha value is -1.40. The highest BCUT2D eigenvalue weighted by Crippen LogP contribution is 2.28. The Morgan fingerprint density at radius 2 is 1.86 bits per heavy atom. The topological polar surface area (TPSA) is 89.3 Å². The Morgan fingerprint density at radius 1 is 1.29 bits per heavy atom. The van der Waals surface area contributed by atoms with Crippen LogP contribution in [0.3, 0.4) is 0 Å². The molecule has 0 fully saturated rings. The van der Waals surface area contributed by atoms with Crippen LogP contribution in [-0.2, 0) is 21.2 Å². The van der Waals surface area contributed by atoms with Crippen molar-refractivity contribution >= 4 is 21.6 Å². The van der Waals surface area contributed by atoms with Crippen molar-refractivity contribution < 1.29 is 13.2 Å². The van der Waals surface area contributed by atoms with Crippen LogP contribution < -0.4 is 10.5 Å². The Kier molecular flexibility index (Phi) is 5.17. The zero-order valence-corrected chi connectivity index (χ0v) is 14.1. The highest BCUT2D eigenvalue weighted by molar-refractivity contribution is 7.89. The monoisotopic (exact) mass is 312 g/mol. The average molecular weight is 312 g/mol. The molecular formula is C15H24N2O3S. The van der Waals surface area contributed by atoms with E-state index in [1.54, 1.807) is 6.92 Å². The number of carbonyl (C=O) groups is 1. The number of rotatable bonds is 5. The minimum absolute atomic E-state index is 0.0737. The van der Waals surface area contributed by atoms with Gasteiger partial charge in [0.25, 0.3) is 0 Å². The van der Waals surface area contributed by atoms with Gasteiger partial charge in [-0.05, 0) is 43.0 Å². The summed E-state index contributed by atoms with van der Waals surface area (Å²) in [6.07, 6.45) is 1.32. The second-order valence-electron chi connectivity index (χ2n) is 5.86. The van der Waals surface area contributed by atoms with Crippen LogP contribution in [0.5, 0.6) is 0 Å².